The molecule has 6 heteroatoms. The second kappa shape index (κ2) is 7.74. The van der Waals surface area contributed by atoms with E-state index >= 15 is 0 Å². The van der Waals surface area contributed by atoms with Crippen LogP contribution in [0.15, 0.2) is 49.2 Å². The molecule has 3 aromatic rings. The number of nitrogens with one attached hydrogen (secondary N) is 1. The zero-order valence-corrected chi connectivity index (χ0v) is 11.4. The minimum atomic E-state index is -0.717. The molecule has 108 valence electrons. The van der Waals surface area contributed by atoms with E-state index < -0.39 is 5.97 Å². The highest BCUT2D eigenvalue weighted by molar-refractivity contribution is 5.67. The highest BCUT2D eigenvalue weighted by atomic mass is 16.4. The van der Waals surface area contributed by atoms with Crippen LogP contribution < -0.4 is 0 Å². The second-order valence-electron chi connectivity index (χ2n) is 4.40. The van der Waals surface area contributed by atoms with Gasteiger partial charge >= 0.3 is 5.97 Å². The number of rotatable bonds is 4. The molecule has 0 saturated carbocycles. The smallest absolute Gasteiger partial charge is 0.303 e. The Morgan fingerprint density at radius 1 is 1.19 bits per heavy atom. The maximum Gasteiger partial charge on any atom is 0.303 e. The number of H-pyrrole nitrogens is 1. The molecule has 0 aliphatic rings. The van der Waals surface area contributed by atoms with E-state index in [9.17, 15) is 4.79 Å². The van der Waals surface area contributed by atoms with Crippen LogP contribution in [0.2, 0.25) is 0 Å². The molecule has 21 heavy (non-hydrogen) atoms. The molecular formula is C15H16N4O2. The van der Waals surface area contributed by atoms with Crippen LogP contribution in [0.1, 0.15) is 18.4 Å². The lowest BCUT2D eigenvalue weighted by Gasteiger charge is -1.97. The highest BCUT2D eigenvalue weighted by Gasteiger charge is 1.96. The zero-order valence-electron chi connectivity index (χ0n) is 11.4. The number of benzene rings is 1. The molecule has 6 nitrogen and oxygen atoms in total. The van der Waals surface area contributed by atoms with Crippen LogP contribution in [0, 0.1) is 0 Å². The van der Waals surface area contributed by atoms with E-state index in [1.165, 1.54) is 11.9 Å². The topological polar surface area (TPSA) is 91.8 Å². The van der Waals surface area contributed by atoms with E-state index in [1.54, 1.807) is 12.5 Å². The van der Waals surface area contributed by atoms with Crippen molar-refractivity contribution in [3.63, 3.8) is 0 Å². The quantitative estimate of drug-likeness (QED) is 0.767. The molecule has 0 radical (unpaired) electrons. The Bertz CT molecular complexity index is 652. The first-order valence-electron chi connectivity index (χ1n) is 6.60. The van der Waals surface area contributed by atoms with Gasteiger partial charge in [-0.05, 0) is 18.4 Å². The molecule has 0 unspecified atom stereocenters. The number of fused-ring (bicyclic) bond motifs is 1. The van der Waals surface area contributed by atoms with Gasteiger partial charge in [0.25, 0.3) is 0 Å². The van der Waals surface area contributed by atoms with Crippen LogP contribution in [0.5, 0.6) is 0 Å². The monoisotopic (exact) mass is 284 g/mol. The molecule has 3 rings (SSSR count). The van der Waals surface area contributed by atoms with Crippen LogP contribution >= 0.6 is 0 Å². The molecule has 0 fully saturated rings. The van der Waals surface area contributed by atoms with Crippen molar-refractivity contribution in [2.24, 2.45) is 0 Å². The summed E-state index contributed by atoms with van der Waals surface area (Å²) in [4.78, 5) is 24.7. The Morgan fingerprint density at radius 3 is 2.71 bits per heavy atom. The number of carboxylic acids is 1. The Kier molecular flexibility index (Phi) is 5.40. The first kappa shape index (κ1) is 14.6. The predicted molar refractivity (Wildman–Crippen MR) is 78.7 cm³/mol. The van der Waals surface area contributed by atoms with Crippen molar-refractivity contribution in [3.8, 4) is 0 Å². The van der Waals surface area contributed by atoms with Crippen LogP contribution in [0.3, 0.4) is 0 Å². The number of carbonyl (C=O) groups is 1. The summed E-state index contributed by atoms with van der Waals surface area (Å²) in [6, 6.07) is 9.93. The fourth-order valence-corrected chi connectivity index (χ4v) is 1.78. The van der Waals surface area contributed by atoms with Gasteiger partial charge in [0.15, 0.2) is 5.65 Å². The number of imidazole rings is 1. The van der Waals surface area contributed by atoms with Gasteiger partial charge in [0, 0.05) is 6.42 Å². The maximum absolute atomic E-state index is 10.2. The van der Waals surface area contributed by atoms with Gasteiger partial charge in [0.05, 0.1) is 12.5 Å². The molecule has 2 aromatic heterocycles. The number of hydrogen-bond acceptors (Lipinski definition) is 4. The van der Waals surface area contributed by atoms with Crippen LogP contribution in [-0.4, -0.2) is 31.0 Å². The van der Waals surface area contributed by atoms with E-state index in [2.05, 4.69) is 19.9 Å². The number of carboxylic acid groups (broad SMARTS) is 1. The molecule has 0 amide bonds. The average Bonchev–Trinajstić information content (AvgIpc) is 2.97. The number of hydrogen-bond donors (Lipinski definition) is 2. The first-order valence-corrected chi connectivity index (χ1v) is 6.60. The SMILES string of the molecule is O=C(O)CCCc1ccccc1.c1ncc2[nH]cnc2n1. The summed E-state index contributed by atoms with van der Waals surface area (Å²) in [6.45, 7) is 0. The van der Waals surface area contributed by atoms with Gasteiger partial charge < -0.3 is 10.1 Å². The summed E-state index contributed by atoms with van der Waals surface area (Å²) in [5.74, 6) is -0.717. The summed E-state index contributed by atoms with van der Waals surface area (Å²) >= 11 is 0. The van der Waals surface area contributed by atoms with E-state index in [0.29, 0.717) is 5.65 Å². The second-order valence-corrected chi connectivity index (χ2v) is 4.40. The Balaban J connectivity index is 0.000000159. The molecular weight excluding hydrogens is 268 g/mol. The van der Waals surface area contributed by atoms with Crippen molar-refractivity contribution < 1.29 is 9.90 Å². The molecule has 0 aliphatic heterocycles. The van der Waals surface area contributed by atoms with Crippen molar-refractivity contribution in [1.29, 1.82) is 0 Å². The fourth-order valence-electron chi connectivity index (χ4n) is 1.78. The third-order valence-electron chi connectivity index (χ3n) is 2.80. The third kappa shape index (κ3) is 5.02. The summed E-state index contributed by atoms with van der Waals surface area (Å²) in [5, 5.41) is 8.39. The van der Waals surface area contributed by atoms with Crippen LogP contribution in [0.25, 0.3) is 11.2 Å². The molecule has 2 heterocycles. The number of nitrogens with zero attached hydrogens (tertiary/aromatic N) is 3. The summed E-state index contributed by atoms with van der Waals surface area (Å²) in [5.41, 5.74) is 2.79. The lowest BCUT2D eigenvalue weighted by Crippen LogP contribution is -1.95. The van der Waals surface area contributed by atoms with Crippen LogP contribution in [-0.2, 0) is 11.2 Å². The van der Waals surface area contributed by atoms with E-state index in [4.69, 9.17) is 5.11 Å². The number of aromatic amines is 1. The highest BCUT2D eigenvalue weighted by Crippen LogP contribution is 2.03. The summed E-state index contributed by atoms with van der Waals surface area (Å²) in [6.07, 6.45) is 6.60. The maximum atomic E-state index is 10.2. The van der Waals surface area contributed by atoms with Gasteiger partial charge in [-0.2, -0.15) is 0 Å². The van der Waals surface area contributed by atoms with Gasteiger partial charge in [0.1, 0.15) is 11.8 Å². The van der Waals surface area contributed by atoms with Crippen molar-refractivity contribution in [2.45, 2.75) is 19.3 Å². The summed E-state index contributed by atoms with van der Waals surface area (Å²) in [7, 11) is 0. The van der Waals surface area contributed by atoms with Gasteiger partial charge in [-0.25, -0.2) is 15.0 Å². The van der Waals surface area contributed by atoms with Gasteiger partial charge in [-0.15, -0.1) is 0 Å². The molecule has 0 atom stereocenters. The number of aliphatic carboxylic acids is 1. The van der Waals surface area contributed by atoms with Gasteiger partial charge in [0.2, 0.25) is 0 Å². The minimum absolute atomic E-state index is 0.259. The third-order valence-corrected chi connectivity index (χ3v) is 2.80. The largest absolute Gasteiger partial charge is 0.481 e. The van der Waals surface area contributed by atoms with Crippen molar-refractivity contribution in [1.82, 2.24) is 19.9 Å². The van der Waals surface area contributed by atoms with E-state index in [-0.39, 0.29) is 6.42 Å². The molecule has 0 saturated heterocycles. The molecule has 2 N–H and O–H groups in total. The first-order chi connectivity index (χ1) is 10.3. The van der Waals surface area contributed by atoms with Crippen LogP contribution in [0.4, 0.5) is 0 Å². The minimum Gasteiger partial charge on any atom is -0.481 e. The van der Waals surface area contributed by atoms with Crippen molar-refractivity contribution >= 4 is 17.1 Å². The number of aryl methyl sites for hydroxylation is 1. The predicted octanol–water partition coefficient (Wildman–Crippen LogP) is 2.45. The van der Waals surface area contributed by atoms with Gasteiger partial charge in [-0.1, -0.05) is 30.3 Å². The standard InChI is InChI=1S/C10H12O2.C5H4N4/c11-10(12)8-4-7-9-5-2-1-3-6-9;1-4-5(8-2-6-1)9-3-7-4/h1-3,5-6H,4,7-8H2,(H,11,12);1-3H,(H,6,7,8,9). The molecule has 0 aliphatic carbocycles. The Labute approximate surface area is 121 Å². The normalized spacial score (nSPS) is 9.90. The van der Waals surface area contributed by atoms with Crippen molar-refractivity contribution in [2.75, 3.05) is 0 Å². The zero-order chi connectivity index (χ0) is 14.9. The van der Waals surface area contributed by atoms with E-state index in [0.717, 1.165) is 18.4 Å². The number of aromatic nitrogens is 4. The fraction of sp³-hybridized carbons (Fsp3) is 0.200. The molecule has 0 spiro atoms. The van der Waals surface area contributed by atoms with Gasteiger partial charge in [-0.3, -0.25) is 4.79 Å². The average molecular weight is 284 g/mol. The Morgan fingerprint density at radius 2 is 2.00 bits per heavy atom. The molecule has 1 aromatic carbocycles. The molecule has 0 bridgehead atoms. The van der Waals surface area contributed by atoms with E-state index in [1.807, 2.05) is 30.3 Å². The lowest BCUT2D eigenvalue weighted by molar-refractivity contribution is -0.137. The Hall–Kier alpha value is -2.76. The summed E-state index contributed by atoms with van der Waals surface area (Å²) < 4.78 is 0. The lowest BCUT2D eigenvalue weighted by atomic mass is 10.1. The van der Waals surface area contributed by atoms with Crippen molar-refractivity contribution in [3.05, 3.63) is 54.7 Å².